The number of nitrogens with one attached hydrogen (secondary N) is 1. The van der Waals surface area contributed by atoms with E-state index in [0.29, 0.717) is 16.4 Å². The standard InChI is InChI=1S/C22H18N2O3S/c1-24(14-16-8-4-7-15-6-2-3-9-17(15)16)22(26)19-11-12-20(28-19)23-21(25)18-10-5-13-27-18/h2-13H,14H2,1H3,(H,23,25). The van der Waals surface area contributed by atoms with Gasteiger partial charge in [0.05, 0.1) is 16.1 Å². The van der Waals surface area contributed by atoms with Gasteiger partial charge >= 0.3 is 0 Å². The average molecular weight is 390 g/mol. The molecule has 2 amide bonds. The summed E-state index contributed by atoms with van der Waals surface area (Å²) < 4.78 is 5.08. The summed E-state index contributed by atoms with van der Waals surface area (Å²) >= 11 is 1.24. The molecule has 4 aromatic rings. The maximum Gasteiger partial charge on any atom is 0.291 e. The number of rotatable bonds is 5. The summed E-state index contributed by atoms with van der Waals surface area (Å²) in [5.41, 5.74) is 1.09. The number of fused-ring (bicyclic) bond motifs is 1. The molecule has 0 unspecified atom stereocenters. The summed E-state index contributed by atoms with van der Waals surface area (Å²) in [6, 6.07) is 20.9. The molecular weight excluding hydrogens is 372 g/mol. The minimum absolute atomic E-state index is 0.0866. The Bertz CT molecular complexity index is 1130. The van der Waals surface area contributed by atoms with E-state index in [9.17, 15) is 9.59 Å². The number of hydrogen-bond donors (Lipinski definition) is 1. The van der Waals surface area contributed by atoms with Gasteiger partial charge in [-0.1, -0.05) is 42.5 Å². The van der Waals surface area contributed by atoms with E-state index >= 15 is 0 Å². The molecule has 2 heterocycles. The second-order valence-corrected chi connectivity index (χ2v) is 7.48. The van der Waals surface area contributed by atoms with Crippen molar-refractivity contribution in [1.29, 1.82) is 0 Å². The number of benzene rings is 2. The van der Waals surface area contributed by atoms with Crippen molar-refractivity contribution in [3.8, 4) is 0 Å². The minimum Gasteiger partial charge on any atom is -0.459 e. The lowest BCUT2D eigenvalue weighted by Gasteiger charge is -2.17. The summed E-state index contributed by atoms with van der Waals surface area (Å²) in [5.74, 6) is -0.194. The van der Waals surface area contributed by atoms with E-state index in [4.69, 9.17) is 4.42 Å². The number of carbonyl (C=O) groups is 2. The van der Waals surface area contributed by atoms with Gasteiger partial charge in [0.1, 0.15) is 0 Å². The fraction of sp³-hybridized carbons (Fsp3) is 0.0909. The van der Waals surface area contributed by atoms with Crippen LogP contribution >= 0.6 is 11.3 Å². The second kappa shape index (κ2) is 7.70. The predicted molar refractivity (Wildman–Crippen MR) is 111 cm³/mol. The van der Waals surface area contributed by atoms with Crippen LogP contribution in [0.3, 0.4) is 0 Å². The van der Waals surface area contributed by atoms with E-state index in [0.717, 1.165) is 16.3 Å². The molecule has 6 heteroatoms. The molecular formula is C22H18N2O3S. The molecule has 140 valence electrons. The molecule has 2 aromatic carbocycles. The SMILES string of the molecule is CN(Cc1cccc2ccccc12)C(=O)c1ccc(NC(=O)c2ccco2)s1. The van der Waals surface area contributed by atoms with Crippen molar-refractivity contribution < 1.29 is 14.0 Å². The molecule has 0 saturated heterocycles. The maximum atomic E-state index is 12.8. The van der Waals surface area contributed by atoms with Crippen molar-refractivity contribution >= 4 is 38.9 Å². The molecule has 5 nitrogen and oxygen atoms in total. The molecule has 0 atom stereocenters. The Morgan fingerprint density at radius 1 is 1.00 bits per heavy atom. The number of thiophene rings is 1. The Hall–Kier alpha value is -3.38. The zero-order valence-corrected chi connectivity index (χ0v) is 16.0. The molecule has 0 radical (unpaired) electrons. The second-order valence-electron chi connectivity index (χ2n) is 6.39. The van der Waals surface area contributed by atoms with Crippen LogP contribution in [0.25, 0.3) is 10.8 Å². The van der Waals surface area contributed by atoms with Crippen LogP contribution in [0, 0.1) is 0 Å². The predicted octanol–water partition coefficient (Wildman–Crippen LogP) is 5.02. The molecule has 0 aliphatic carbocycles. The number of amides is 2. The molecule has 1 N–H and O–H groups in total. The Kier molecular flexibility index (Phi) is 4.95. The zero-order chi connectivity index (χ0) is 19.5. The highest BCUT2D eigenvalue weighted by molar-refractivity contribution is 7.18. The van der Waals surface area contributed by atoms with Gasteiger partial charge in [0.2, 0.25) is 0 Å². The fourth-order valence-corrected chi connectivity index (χ4v) is 3.94. The number of anilines is 1. The largest absolute Gasteiger partial charge is 0.459 e. The third kappa shape index (κ3) is 3.68. The molecule has 0 fully saturated rings. The lowest BCUT2D eigenvalue weighted by molar-refractivity contribution is 0.0790. The number of furan rings is 1. The quantitative estimate of drug-likeness (QED) is 0.520. The highest BCUT2D eigenvalue weighted by Crippen LogP contribution is 2.25. The Balaban J connectivity index is 1.47. The molecule has 0 aliphatic rings. The van der Waals surface area contributed by atoms with Crippen LogP contribution in [-0.2, 0) is 6.54 Å². The highest BCUT2D eigenvalue weighted by atomic mass is 32.1. The molecule has 28 heavy (non-hydrogen) atoms. The molecule has 2 aromatic heterocycles. The van der Waals surface area contributed by atoms with Crippen molar-refractivity contribution in [3.05, 3.63) is 89.2 Å². The smallest absolute Gasteiger partial charge is 0.291 e. The van der Waals surface area contributed by atoms with E-state index in [2.05, 4.69) is 23.5 Å². The average Bonchev–Trinajstić information content (AvgIpc) is 3.40. The van der Waals surface area contributed by atoms with Crippen molar-refractivity contribution in [3.63, 3.8) is 0 Å². The van der Waals surface area contributed by atoms with E-state index in [-0.39, 0.29) is 17.6 Å². The summed E-state index contributed by atoms with van der Waals surface area (Å²) in [4.78, 5) is 27.1. The number of nitrogens with zero attached hydrogens (tertiary/aromatic N) is 1. The topological polar surface area (TPSA) is 62.6 Å². The summed E-state index contributed by atoms with van der Waals surface area (Å²) in [6.45, 7) is 0.506. The van der Waals surface area contributed by atoms with Crippen molar-refractivity contribution in [2.45, 2.75) is 6.54 Å². The van der Waals surface area contributed by atoms with Crippen LogP contribution in [-0.4, -0.2) is 23.8 Å². The van der Waals surface area contributed by atoms with Crippen LogP contribution < -0.4 is 5.32 Å². The lowest BCUT2D eigenvalue weighted by atomic mass is 10.0. The normalized spacial score (nSPS) is 10.8. The van der Waals surface area contributed by atoms with Gasteiger partial charge in [-0.05, 0) is 40.6 Å². The van der Waals surface area contributed by atoms with Crippen LogP contribution in [0.1, 0.15) is 25.8 Å². The molecule has 0 bridgehead atoms. The summed E-state index contributed by atoms with van der Waals surface area (Å²) in [6.07, 6.45) is 1.44. The van der Waals surface area contributed by atoms with Gasteiger partial charge in [0.25, 0.3) is 11.8 Å². The van der Waals surface area contributed by atoms with Crippen molar-refractivity contribution in [2.24, 2.45) is 0 Å². The van der Waals surface area contributed by atoms with Gasteiger partial charge in [-0.3, -0.25) is 9.59 Å². The number of hydrogen-bond acceptors (Lipinski definition) is 4. The third-order valence-electron chi connectivity index (χ3n) is 4.43. The van der Waals surface area contributed by atoms with Crippen molar-refractivity contribution in [2.75, 3.05) is 12.4 Å². The maximum absolute atomic E-state index is 12.8. The highest BCUT2D eigenvalue weighted by Gasteiger charge is 2.17. The summed E-state index contributed by atoms with van der Waals surface area (Å²) in [5, 5.41) is 5.64. The molecule has 0 saturated carbocycles. The zero-order valence-electron chi connectivity index (χ0n) is 15.2. The van der Waals surface area contributed by atoms with E-state index in [1.807, 2.05) is 24.3 Å². The van der Waals surface area contributed by atoms with Gasteiger partial charge in [-0.25, -0.2) is 0 Å². The lowest BCUT2D eigenvalue weighted by Crippen LogP contribution is -2.25. The van der Waals surface area contributed by atoms with Crippen LogP contribution in [0.5, 0.6) is 0 Å². The minimum atomic E-state index is -0.338. The van der Waals surface area contributed by atoms with Gasteiger partial charge in [-0.2, -0.15) is 0 Å². The van der Waals surface area contributed by atoms with Gasteiger partial charge in [0.15, 0.2) is 5.76 Å². The molecule has 0 aliphatic heterocycles. The number of carbonyl (C=O) groups excluding carboxylic acids is 2. The van der Waals surface area contributed by atoms with E-state index in [1.54, 1.807) is 36.2 Å². The Labute approximate surface area is 166 Å². The van der Waals surface area contributed by atoms with Crippen molar-refractivity contribution in [1.82, 2.24) is 4.90 Å². The first-order valence-electron chi connectivity index (χ1n) is 8.78. The Morgan fingerprint density at radius 3 is 2.64 bits per heavy atom. The van der Waals surface area contributed by atoms with E-state index in [1.165, 1.54) is 17.6 Å². The molecule has 4 rings (SSSR count). The van der Waals surface area contributed by atoms with Crippen LogP contribution in [0.15, 0.2) is 77.4 Å². The first-order valence-corrected chi connectivity index (χ1v) is 9.60. The van der Waals surface area contributed by atoms with Crippen LogP contribution in [0.4, 0.5) is 5.00 Å². The fourth-order valence-electron chi connectivity index (χ4n) is 3.05. The first-order chi connectivity index (χ1) is 13.6. The third-order valence-corrected chi connectivity index (χ3v) is 5.42. The van der Waals surface area contributed by atoms with Gasteiger partial charge in [0, 0.05) is 13.6 Å². The Morgan fingerprint density at radius 2 is 1.82 bits per heavy atom. The van der Waals surface area contributed by atoms with E-state index < -0.39 is 0 Å². The summed E-state index contributed by atoms with van der Waals surface area (Å²) in [7, 11) is 1.78. The monoisotopic (exact) mass is 390 g/mol. The first kappa shape index (κ1) is 18.0. The molecule has 0 spiro atoms. The van der Waals surface area contributed by atoms with Gasteiger partial charge < -0.3 is 14.6 Å². The van der Waals surface area contributed by atoms with Gasteiger partial charge in [-0.15, -0.1) is 11.3 Å². The van der Waals surface area contributed by atoms with Crippen LogP contribution in [0.2, 0.25) is 0 Å².